The maximum Gasteiger partial charge on any atom is 0.303 e. The molecule has 1 aliphatic carbocycles. The topological polar surface area (TPSA) is 37.3 Å². The molecule has 0 aliphatic heterocycles. The molecule has 0 amide bonds. The largest absolute Gasteiger partial charge is 0.481 e. The maximum absolute atomic E-state index is 9.93. The van der Waals surface area contributed by atoms with Gasteiger partial charge in [-0.2, -0.15) is 0 Å². The van der Waals surface area contributed by atoms with Crippen LogP contribution in [0.1, 0.15) is 25.7 Å². The molecule has 0 heterocycles. The molecule has 0 aromatic carbocycles. The van der Waals surface area contributed by atoms with E-state index in [0.29, 0.717) is 6.42 Å². The van der Waals surface area contributed by atoms with E-state index in [1.807, 2.05) is 0 Å². The van der Waals surface area contributed by atoms with Crippen molar-refractivity contribution in [2.75, 3.05) is 0 Å². The van der Waals surface area contributed by atoms with Gasteiger partial charge in [0.2, 0.25) is 0 Å². The van der Waals surface area contributed by atoms with Crippen LogP contribution >= 0.6 is 0 Å². The van der Waals surface area contributed by atoms with Gasteiger partial charge in [-0.15, -0.1) is 0 Å². The Morgan fingerprint density at radius 3 is 2.62 bits per heavy atom. The number of carboxylic acid groups (broad SMARTS) is 1. The highest BCUT2D eigenvalue weighted by atomic mass is 16.4. The second kappa shape index (κ2) is 2.16. The van der Waals surface area contributed by atoms with Gasteiger partial charge in [-0.05, 0) is 12.3 Å². The van der Waals surface area contributed by atoms with Crippen LogP contribution in [-0.4, -0.2) is 11.1 Å². The van der Waals surface area contributed by atoms with Crippen LogP contribution in [0.4, 0.5) is 0 Å². The fraction of sp³-hybridized carbons (Fsp3) is 0.833. The number of hydrogen-bond acceptors (Lipinski definition) is 1. The lowest BCUT2D eigenvalue weighted by atomic mass is 10.2. The summed E-state index contributed by atoms with van der Waals surface area (Å²) >= 11 is 0. The summed E-state index contributed by atoms with van der Waals surface area (Å²) in [5.41, 5.74) is 0. The molecule has 1 saturated carbocycles. The first-order chi connectivity index (χ1) is 3.79. The van der Waals surface area contributed by atoms with E-state index in [1.165, 1.54) is 12.8 Å². The third kappa shape index (κ3) is 1.96. The Bertz CT molecular complexity index is 94.7. The molecule has 0 unspecified atom stereocenters. The zero-order valence-electron chi connectivity index (χ0n) is 4.76. The third-order valence-electron chi connectivity index (χ3n) is 1.46. The van der Waals surface area contributed by atoms with Crippen molar-refractivity contribution in [1.29, 1.82) is 0 Å². The molecule has 0 radical (unpaired) electrons. The van der Waals surface area contributed by atoms with Crippen molar-refractivity contribution in [3.63, 3.8) is 0 Å². The molecule has 2 heteroatoms. The molecule has 0 atom stereocenters. The average molecular weight is 114 g/mol. The van der Waals surface area contributed by atoms with Gasteiger partial charge in [0.25, 0.3) is 0 Å². The maximum atomic E-state index is 9.93. The minimum absolute atomic E-state index is 0.366. The summed E-state index contributed by atoms with van der Waals surface area (Å²) < 4.78 is 0. The van der Waals surface area contributed by atoms with Gasteiger partial charge in [0.05, 0.1) is 0 Å². The molecule has 2 nitrogen and oxygen atoms in total. The first kappa shape index (κ1) is 5.60. The zero-order chi connectivity index (χ0) is 5.98. The first-order valence-electron chi connectivity index (χ1n) is 3.01. The fourth-order valence-corrected chi connectivity index (χ4v) is 0.734. The van der Waals surface area contributed by atoms with Gasteiger partial charge in [-0.25, -0.2) is 0 Å². The van der Waals surface area contributed by atoms with E-state index >= 15 is 0 Å². The third-order valence-corrected chi connectivity index (χ3v) is 1.46. The van der Waals surface area contributed by atoms with E-state index < -0.39 is 5.97 Å². The predicted octanol–water partition coefficient (Wildman–Crippen LogP) is 1.26. The smallest absolute Gasteiger partial charge is 0.303 e. The number of hydrogen-bond donors (Lipinski definition) is 1. The Morgan fingerprint density at radius 2 is 2.25 bits per heavy atom. The zero-order valence-corrected chi connectivity index (χ0v) is 4.76. The highest BCUT2D eigenvalue weighted by Crippen LogP contribution is 2.33. The van der Waals surface area contributed by atoms with Crippen LogP contribution in [0.15, 0.2) is 0 Å². The van der Waals surface area contributed by atoms with E-state index in [9.17, 15) is 4.79 Å². The Balaban J connectivity index is 1.95. The molecule has 1 rings (SSSR count). The monoisotopic (exact) mass is 114 g/mol. The molecule has 1 N–H and O–H groups in total. The summed E-state index contributed by atoms with van der Waals surface area (Å²) in [6, 6.07) is 0. The van der Waals surface area contributed by atoms with E-state index in [1.54, 1.807) is 0 Å². The van der Waals surface area contributed by atoms with Crippen LogP contribution in [0.3, 0.4) is 0 Å². The Labute approximate surface area is 48.5 Å². The predicted molar refractivity (Wildman–Crippen MR) is 29.6 cm³/mol. The van der Waals surface area contributed by atoms with Crippen LogP contribution < -0.4 is 0 Å². The van der Waals surface area contributed by atoms with Crippen molar-refractivity contribution in [2.45, 2.75) is 25.7 Å². The Morgan fingerprint density at radius 1 is 1.62 bits per heavy atom. The lowest BCUT2D eigenvalue weighted by Crippen LogP contribution is -1.93. The van der Waals surface area contributed by atoms with Crippen molar-refractivity contribution in [2.24, 2.45) is 5.92 Å². The molecule has 0 aromatic rings. The lowest BCUT2D eigenvalue weighted by molar-refractivity contribution is -0.137. The summed E-state index contributed by atoms with van der Waals surface area (Å²) in [6.07, 6.45) is 3.78. The van der Waals surface area contributed by atoms with Crippen LogP contribution in [0, 0.1) is 5.92 Å². The molecule has 8 heavy (non-hydrogen) atoms. The summed E-state index contributed by atoms with van der Waals surface area (Å²) in [4.78, 5) is 9.93. The average Bonchev–Trinajstić information content (AvgIpc) is 2.41. The molecule has 0 spiro atoms. The second-order valence-electron chi connectivity index (χ2n) is 2.38. The molecule has 46 valence electrons. The standard InChI is InChI=1S/C6H10O2/c7-6(8)4-3-5-1-2-5/h5H,1-4H2,(H,7,8). The quantitative estimate of drug-likeness (QED) is 0.599. The lowest BCUT2D eigenvalue weighted by Gasteiger charge is -1.87. The van der Waals surface area contributed by atoms with Crippen LogP contribution in [0.2, 0.25) is 0 Å². The summed E-state index contributed by atoms with van der Waals surface area (Å²) in [5, 5.41) is 8.19. The van der Waals surface area contributed by atoms with E-state index in [4.69, 9.17) is 5.11 Å². The number of aliphatic carboxylic acids is 1. The minimum Gasteiger partial charge on any atom is -0.481 e. The van der Waals surface area contributed by atoms with Crippen molar-refractivity contribution in [1.82, 2.24) is 0 Å². The van der Waals surface area contributed by atoms with Gasteiger partial charge >= 0.3 is 5.97 Å². The molecule has 0 bridgehead atoms. The Hall–Kier alpha value is -0.530. The minimum atomic E-state index is -0.656. The SMILES string of the molecule is O=C(O)CCC1CC1. The number of carboxylic acids is 1. The van der Waals surface area contributed by atoms with Crippen LogP contribution in [0.25, 0.3) is 0 Å². The van der Waals surface area contributed by atoms with Crippen molar-refractivity contribution >= 4 is 5.97 Å². The summed E-state index contributed by atoms with van der Waals surface area (Å²) in [5.74, 6) is 0.100. The van der Waals surface area contributed by atoms with Gasteiger partial charge in [0.15, 0.2) is 0 Å². The van der Waals surface area contributed by atoms with Gasteiger partial charge in [0.1, 0.15) is 0 Å². The first-order valence-corrected chi connectivity index (χ1v) is 3.01. The van der Waals surface area contributed by atoms with Crippen molar-refractivity contribution in [3.05, 3.63) is 0 Å². The van der Waals surface area contributed by atoms with E-state index in [2.05, 4.69) is 0 Å². The van der Waals surface area contributed by atoms with Gasteiger partial charge in [0, 0.05) is 6.42 Å². The van der Waals surface area contributed by atoms with Crippen LogP contribution in [-0.2, 0) is 4.79 Å². The normalized spacial score (nSPS) is 18.5. The summed E-state index contributed by atoms with van der Waals surface area (Å²) in [6.45, 7) is 0. The Kier molecular flexibility index (Phi) is 1.51. The van der Waals surface area contributed by atoms with E-state index in [-0.39, 0.29) is 0 Å². The van der Waals surface area contributed by atoms with Gasteiger partial charge < -0.3 is 5.11 Å². The van der Waals surface area contributed by atoms with Crippen molar-refractivity contribution in [3.8, 4) is 0 Å². The molecule has 0 saturated heterocycles. The molecular weight excluding hydrogens is 104 g/mol. The highest BCUT2D eigenvalue weighted by Gasteiger charge is 2.21. The fourth-order valence-electron chi connectivity index (χ4n) is 0.734. The summed E-state index contributed by atoms with van der Waals surface area (Å²) in [7, 11) is 0. The second-order valence-corrected chi connectivity index (χ2v) is 2.38. The van der Waals surface area contributed by atoms with Crippen LogP contribution in [0.5, 0.6) is 0 Å². The van der Waals surface area contributed by atoms with E-state index in [0.717, 1.165) is 12.3 Å². The number of rotatable bonds is 3. The molecule has 0 aromatic heterocycles. The number of carbonyl (C=O) groups is 1. The van der Waals surface area contributed by atoms with Gasteiger partial charge in [-0.1, -0.05) is 12.8 Å². The van der Waals surface area contributed by atoms with Crippen molar-refractivity contribution < 1.29 is 9.90 Å². The molecular formula is C6H10O2. The molecule has 1 aliphatic rings. The molecule has 1 fully saturated rings. The van der Waals surface area contributed by atoms with Gasteiger partial charge in [-0.3, -0.25) is 4.79 Å². The highest BCUT2D eigenvalue weighted by molar-refractivity contribution is 5.66.